The molecule has 0 aliphatic rings. The van der Waals surface area contributed by atoms with Crippen molar-refractivity contribution in [1.82, 2.24) is 5.32 Å². The lowest BCUT2D eigenvalue weighted by Gasteiger charge is -2.27. The van der Waals surface area contributed by atoms with E-state index in [1.54, 1.807) is 6.07 Å². The van der Waals surface area contributed by atoms with E-state index >= 15 is 0 Å². The third kappa shape index (κ3) is 4.15. The summed E-state index contributed by atoms with van der Waals surface area (Å²) in [5.41, 5.74) is 7.21. The van der Waals surface area contributed by atoms with E-state index in [9.17, 15) is 4.79 Å². The van der Waals surface area contributed by atoms with Crippen molar-refractivity contribution >= 4 is 5.91 Å². The molecule has 3 heteroatoms. The maximum Gasteiger partial charge on any atom is 0.249 e. The van der Waals surface area contributed by atoms with Crippen molar-refractivity contribution in [2.45, 2.75) is 34.2 Å². The summed E-state index contributed by atoms with van der Waals surface area (Å²) in [5.74, 6) is 0.203. The normalized spacial score (nSPS) is 13.3. The van der Waals surface area contributed by atoms with Crippen molar-refractivity contribution in [3.8, 4) is 0 Å². The van der Waals surface area contributed by atoms with Gasteiger partial charge in [-0.3, -0.25) is 4.79 Å². The fourth-order valence-corrected chi connectivity index (χ4v) is 1.64. The van der Waals surface area contributed by atoms with E-state index in [4.69, 9.17) is 5.73 Å². The van der Waals surface area contributed by atoms with Crippen LogP contribution >= 0.6 is 0 Å². The highest BCUT2D eigenvalue weighted by molar-refractivity contribution is 5.94. The van der Waals surface area contributed by atoms with Crippen LogP contribution in [0.2, 0.25) is 0 Å². The molecule has 3 nitrogen and oxygen atoms in total. The lowest BCUT2D eigenvalue weighted by molar-refractivity contribution is 0.0999. The van der Waals surface area contributed by atoms with Crippen LogP contribution in [0.15, 0.2) is 24.3 Å². The molecule has 0 heterocycles. The molecular weight excluding hydrogens is 224 g/mol. The summed E-state index contributed by atoms with van der Waals surface area (Å²) < 4.78 is 0. The number of nitrogens with two attached hydrogens (primary N) is 1. The number of primary amides is 1. The molecule has 100 valence electrons. The highest BCUT2D eigenvalue weighted by Gasteiger charge is 2.19. The quantitative estimate of drug-likeness (QED) is 0.841. The molecule has 1 atom stereocenters. The molecule has 1 aromatic rings. The SMILES string of the molecule is CC(CNCc1ccccc1C(N)=O)C(C)(C)C. The van der Waals surface area contributed by atoms with Crippen LogP contribution in [0.25, 0.3) is 0 Å². The summed E-state index contributed by atoms with van der Waals surface area (Å²) in [6.07, 6.45) is 0. The predicted molar refractivity (Wildman–Crippen MR) is 75.3 cm³/mol. The third-order valence-corrected chi connectivity index (χ3v) is 3.53. The number of hydrogen-bond acceptors (Lipinski definition) is 2. The Kier molecular flexibility index (Phi) is 4.91. The molecule has 18 heavy (non-hydrogen) atoms. The second-order valence-electron chi connectivity index (χ2n) is 5.92. The maximum absolute atomic E-state index is 11.3. The minimum Gasteiger partial charge on any atom is -0.366 e. The molecule has 0 bridgehead atoms. The Morgan fingerprint density at radius 2 is 1.94 bits per heavy atom. The van der Waals surface area contributed by atoms with Crippen molar-refractivity contribution < 1.29 is 4.79 Å². The Morgan fingerprint density at radius 1 is 1.33 bits per heavy atom. The van der Waals surface area contributed by atoms with Crippen LogP contribution in [-0.4, -0.2) is 12.5 Å². The molecule has 1 amide bonds. The van der Waals surface area contributed by atoms with E-state index in [1.807, 2.05) is 18.2 Å². The lowest BCUT2D eigenvalue weighted by atomic mass is 9.82. The van der Waals surface area contributed by atoms with E-state index in [2.05, 4.69) is 33.0 Å². The maximum atomic E-state index is 11.3. The molecule has 0 saturated heterocycles. The number of carbonyl (C=O) groups excluding carboxylic acids is 1. The molecule has 0 saturated carbocycles. The molecule has 0 fully saturated rings. The van der Waals surface area contributed by atoms with Crippen molar-refractivity contribution in [2.75, 3.05) is 6.54 Å². The fourth-order valence-electron chi connectivity index (χ4n) is 1.64. The molecule has 0 aliphatic carbocycles. The number of nitrogens with one attached hydrogen (secondary N) is 1. The Bertz CT molecular complexity index is 407. The summed E-state index contributed by atoms with van der Waals surface area (Å²) in [6.45, 7) is 10.5. The first-order valence-corrected chi connectivity index (χ1v) is 6.41. The van der Waals surface area contributed by atoms with Gasteiger partial charge in [-0.2, -0.15) is 0 Å². The zero-order valence-electron chi connectivity index (χ0n) is 11.8. The van der Waals surface area contributed by atoms with E-state index in [1.165, 1.54) is 0 Å². The van der Waals surface area contributed by atoms with Gasteiger partial charge in [-0.15, -0.1) is 0 Å². The number of rotatable bonds is 5. The van der Waals surface area contributed by atoms with E-state index in [0.29, 0.717) is 18.0 Å². The number of amides is 1. The smallest absolute Gasteiger partial charge is 0.249 e. The second-order valence-corrected chi connectivity index (χ2v) is 5.92. The Labute approximate surface area is 110 Å². The van der Waals surface area contributed by atoms with Crippen LogP contribution in [0.4, 0.5) is 0 Å². The first kappa shape index (κ1) is 14.7. The predicted octanol–water partition coefficient (Wildman–Crippen LogP) is 2.56. The van der Waals surface area contributed by atoms with Crippen molar-refractivity contribution in [2.24, 2.45) is 17.1 Å². The van der Waals surface area contributed by atoms with Gasteiger partial charge >= 0.3 is 0 Å². The highest BCUT2D eigenvalue weighted by atomic mass is 16.1. The molecule has 1 aromatic carbocycles. The molecule has 3 N–H and O–H groups in total. The van der Waals surface area contributed by atoms with Crippen molar-refractivity contribution in [1.29, 1.82) is 0 Å². The van der Waals surface area contributed by atoms with Gasteiger partial charge < -0.3 is 11.1 Å². The third-order valence-electron chi connectivity index (χ3n) is 3.53. The molecule has 0 aromatic heterocycles. The molecule has 1 rings (SSSR count). The summed E-state index contributed by atoms with van der Waals surface area (Å²) in [6, 6.07) is 7.47. The van der Waals surface area contributed by atoms with Crippen LogP contribution in [0, 0.1) is 11.3 Å². The number of hydrogen-bond donors (Lipinski definition) is 2. The Morgan fingerprint density at radius 3 is 2.50 bits per heavy atom. The summed E-state index contributed by atoms with van der Waals surface area (Å²) in [7, 11) is 0. The molecular formula is C15H24N2O. The van der Waals surface area contributed by atoms with Gasteiger partial charge in [0.2, 0.25) is 5.91 Å². The van der Waals surface area contributed by atoms with Gasteiger partial charge in [-0.05, 0) is 29.5 Å². The van der Waals surface area contributed by atoms with E-state index < -0.39 is 0 Å². The van der Waals surface area contributed by atoms with E-state index in [-0.39, 0.29) is 11.3 Å². The summed E-state index contributed by atoms with van der Waals surface area (Å²) >= 11 is 0. The van der Waals surface area contributed by atoms with Gasteiger partial charge in [0.05, 0.1) is 0 Å². The monoisotopic (exact) mass is 248 g/mol. The van der Waals surface area contributed by atoms with E-state index in [0.717, 1.165) is 12.1 Å². The fraction of sp³-hybridized carbons (Fsp3) is 0.533. The van der Waals surface area contributed by atoms with Gasteiger partial charge in [0.1, 0.15) is 0 Å². The number of carbonyl (C=O) groups is 1. The molecule has 0 aliphatic heterocycles. The average Bonchev–Trinajstić information content (AvgIpc) is 2.28. The zero-order chi connectivity index (χ0) is 13.8. The van der Waals surface area contributed by atoms with Crippen LogP contribution in [-0.2, 0) is 6.54 Å². The van der Waals surface area contributed by atoms with Crippen molar-refractivity contribution in [3.63, 3.8) is 0 Å². The van der Waals surface area contributed by atoms with Crippen LogP contribution < -0.4 is 11.1 Å². The number of benzene rings is 1. The van der Waals surface area contributed by atoms with Crippen molar-refractivity contribution in [3.05, 3.63) is 35.4 Å². The summed E-state index contributed by atoms with van der Waals surface area (Å²) in [4.78, 5) is 11.3. The standard InChI is InChI=1S/C15H24N2O/c1-11(15(2,3)4)9-17-10-12-7-5-6-8-13(12)14(16)18/h5-8,11,17H,9-10H2,1-4H3,(H2,16,18). The van der Waals surface area contributed by atoms with Crippen LogP contribution in [0.5, 0.6) is 0 Å². The van der Waals surface area contributed by atoms with Crippen LogP contribution in [0.1, 0.15) is 43.6 Å². The molecule has 0 radical (unpaired) electrons. The lowest BCUT2D eigenvalue weighted by Crippen LogP contribution is -2.30. The van der Waals surface area contributed by atoms with Gasteiger partial charge in [0.15, 0.2) is 0 Å². The first-order chi connectivity index (χ1) is 8.32. The van der Waals surface area contributed by atoms with Gasteiger partial charge in [0, 0.05) is 12.1 Å². The minimum absolute atomic E-state index is 0.288. The zero-order valence-corrected chi connectivity index (χ0v) is 11.8. The van der Waals surface area contributed by atoms with Gasteiger partial charge in [0.25, 0.3) is 0 Å². The summed E-state index contributed by atoms with van der Waals surface area (Å²) in [5, 5.41) is 3.40. The Hall–Kier alpha value is -1.35. The Balaban J connectivity index is 2.57. The van der Waals surface area contributed by atoms with Crippen LogP contribution in [0.3, 0.4) is 0 Å². The highest BCUT2D eigenvalue weighted by Crippen LogP contribution is 2.24. The average molecular weight is 248 g/mol. The van der Waals surface area contributed by atoms with Gasteiger partial charge in [-0.25, -0.2) is 0 Å². The van der Waals surface area contributed by atoms with Gasteiger partial charge in [-0.1, -0.05) is 45.9 Å². The first-order valence-electron chi connectivity index (χ1n) is 6.41. The minimum atomic E-state index is -0.365. The second kappa shape index (κ2) is 6.01. The molecule has 0 spiro atoms. The topological polar surface area (TPSA) is 55.1 Å². The molecule has 1 unspecified atom stereocenters. The largest absolute Gasteiger partial charge is 0.366 e.